The molecule has 1 heterocycles. The Hall–Kier alpha value is -2.74. The molecule has 1 atom stereocenters. The molecule has 0 radical (unpaired) electrons. The van der Waals surface area contributed by atoms with Gasteiger partial charge in [-0.15, -0.1) is 0 Å². The third kappa shape index (κ3) is 2.18. The Balaban J connectivity index is 1.81. The smallest absolute Gasteiger partial charge is 0.194 e. The molecule has 0 bridgehead atoms. The first-order chi connectivity index (χ1) is 11.6. The molecule has 6 nitrogen and oxygen atoms in total. The highest BCUT2D eigenvalue weighted by molar-refractivity contribution is 7.80. The quantitative estimate of drug-likeness (QED) is 0.573. The van der Waals surface area contributed by atoms with Gasteiger partial charge in [0.15, 0.2) is 10.9 Å². The summed E-state index contributed by atoms with van der Waals surface area (Å²) in [6.07, 6.45) is 0. The van der Waals surface area contributed by atoms with Gasteiger partial charge in [-0.1, -0.05) is 36.4 Å². The number of benzene rings is 2. The zero-order valence-corrected chi connectivity index (χ0v) is 13.1. The molecule has 2 aromatic rings. The molecule has 120 valence electrons. The van der Waals surface area contributed by atoms with E-state index in [-0.39, 0.29) is 16.7 Å². The SMILES string of the molecule is O=C1C2=C(NC(=S)NC2c2ccc(N([O-])O)cc2)c2ccccc21. The van der Waals surface area contributed by atoms with Crippen LogP contribution in [0.4, 0.5) is 5.69 Å². The van der Waals surface area contributed by atoms with Crippen LogP contribution in [0.25, 0.3) is 5.70 Å². The minimum Gasteiger partial charge on any atom is -0.733 e. The number of hydrogen-bond donors (Lipinski definition) is 3. The van der Waals surface area contributed by atoms with E-state index in [1.165, 1.54) is 12.1 Å². The van der Waals surface area contributed by atoms with Crippen molar-refractivity contribution in [2.45, 2.75) is 6.04 Å². The summed E-state index contributed by atoms with van der Waals surface area (Å²) in [6, 6.07) is 13.3. The summed E-state index contributed by atoms with van der Waals surface area (Å²) in [7, 11) is 0. The largest absolute Gasteiger partial charge is 0.733 e. The maximum Gasteiger partial charge on any atom is 0.194 e. The first-order valence-electron chi connectivity index (χ1n) is 7.28. The molecule has 0 aromatic heterocycles. The van der Waals surface area contributed by atoms with Gasteiger partial charge in [-0.05, 0) is 29.9 Å². The molecule has 1 unspecified atom stereocenters. The summed E-state index contributed by atoms with van der Waals surface area (Å²) in [6.45, 7) is 0. The molecular formula is C17H12N3O3S-. The van der Waals surface area contributed by atoms with E-state index in [1.54, 1.807) is 18.2 Å². The number of carbonyl (C=O) groups is 1. The molecule has 1 aliphatic carbocycles. The number of nitrogens with one attached hydrogen (secondary N) is 2. The van der Waals surface area contributed by atoms with Gasteiger partial charge in [0.05, 0.1) is 23.0 Å². The van der Waals surface area contributed by atoms with Gasteiger partial charge in [0.25, 0.3) is 0 Å². The second-order valence-electron chi connectivity index (χ2n) is 5.56. The number of Topliss-reactive ketones (excluding diaryl/α,β-unsaturated/α-hetero) is 1. The van der Waals surface area contributed by atoms with Gasteiger partial charge in [0.1, 0.15) is 0 Å². The molecular weight excluding hydrogens is 326 g/mol. The average Bonchev–Trinajstić information content (AvgIpc) is 2.87. The number of anilines is 1. The number of ketones is 1. The van der Waals surface area contributed by atoms with Crippen LogP contribution in [0.3, 0.4) is 0 Å². The second kappa shape index (κ2) is 5.41. The van der Waals surface area contributed by atoms with E-state index in [0.717, 1.165) is 16.8 Å². The monoisotopic (exact) mass is 338 g/mol. The van der Waals surface area contributed by atoms with Crippen LogP contribution in [-0.4, -0.2) is 16.1 Å². The third-order valence-corrected chi connectivity index (χ3v) is 4.42. The molecule has 1 aliphatic heterocycles. The summed E-state index contributed by atoms with van der Waals surface area (Å²) >= 11 is 5.28. The Morgan fingerprint density at radius 1 is 1.08 bits per heavy atom. The molecule has 3 N–H and O–H groups in total. The van der Waals surface area contributed by atoms with Crippen LogP contribution in [0.2, 0.25) is 0 Å². The summed E-state index contributed by atoms with van der Waals surface area (Å²) in [5.41, 5.74) is 3.69. The summed E-state index contributed by atoms with van der Waals surface area (Å²) in [4.78, 5) is 12.8. The Labute approximate surface area is 142 Å². The van der Waals surface area contributed by atoms with Crippen LogP contribution in [0, 0.1) is 5.21 Å². The number of rotatable bonds is 2. The van der Waals surface area contributed by atoms with Crippen molar-refractivity contribution in [1.29, 1.82) is 0 Å². The number of nitrogens with zero attached hydrogens (tertiary/aromatic N) is 1. The molecule has 4 rings (SSSR count). The highest BCUT2D eigenvalue weighted by Crippen LogP contribution is 2.40. The van der Waals surface area contributed by atoms with Crippen LogP contribution in [0.5, 0.6) is 0 Å². The van der Waals surface area contributed by atoms with Crippen molar-refractivity contribution in [3.63, 3.8) is 0 Å². The maximum atomic E-state index is 12.8. The Bertz CT molecular complexity index is 890. The summed E-state index contributed by atoms with van der Waals surface area (Å²) in [5.74, 6) is -0.0511. The van der Waals surface area contributed by atoms with E-state index in [0.29, 0.717) is 16.2 Å². The van der Waals surface area contributed by atoms with Gasteiger partial charge >= 0.3 is 0 Å². The fraction of sp³-hybridized carbons (Fsp3) is 0.0588. The zero-order valence-electron chi connectivity index (χ0n) is 12.3. The number of thiocarbonyl (C=S) groups is 1. The first-order valence-corrected chi connectivity index (χ1v) is 7.69. The predicted molar refractivity (Wildman–Crippen MR) is 93.4 cm³/mol. The normalized spacial score (nSPS) is 18.7. The lowest BCUT2D eigenvalue weighted by molar-refractivity contribution is 0.103. The Morgan fingerprint density at radius 2 is 1.75 bits per heavy atom. The summed E-state index contributed by atoms with van der Waals surface area (Å²) in [5, 5.41) is 26.3. The lowest BCUT2D eigenvalue weighted by Gasteiger charge is -2.29. The molecule has 0 fully saturated rings. The standard InChI is InChI=1S/C17H12N3O3S/c21-16-12-4-2-1-3-11(12)15-13(16)14(18-17(24)19-15)9-5-7-10(8-6-9)20(22)23/h1-8,14,22H,(H2,18,19,24)/q-1. The molecule has 0 spiro atoms. The van der Waals surface area contributed by atoms with Gasteiger partial charge in [-0.25, -0.2) is 0 Å². The number of fused-ring (bicyclic) bond motifs is 2. The number of hydrogen-bond acceptors (Lipinski definition) is 5. The molecule has 2 aromatic carbocycles. The topological polar surface area (TPSA) is 87.7 Å². The van der Waals surface area contributed by atoms with Crippen molar-refractivity contribution >= 4 is 34.5 Å². The van der Waals surface area contributed by atoms with E-state index >= 15 is 0 Å². The van der Waals surface area contributed by atoms with Crippen molar-refractivity contribution < 1.29 is 10.0 Å². The van der Waals surface area contributed by atoms with Crippen molar-refractivity contribution in [3.8, 4) is 0 Å². The minimum atomic E-state index is -0.415. The number of carbonyl (C=O) groups excluding carboxylic acids is 1. The van der Waals surface area contributed by atoms with E-state index in [1.807, 2.05) is 18.2 Å². The van der Waals surface area contributed by atoms with Crippen LogP contribution in [0.15, 0.2) is 54.1 Å². The molecule has 0 saturated heterocycles. The van der Waals surface area contributed by atoms with Gasteiger partial charge in [0.2, 0.25) is 0 Å². The fourth-order valence-electron chi connectivity index (χ4n) is 3.11. The predicted octanol–water partition coefficient (Wildman–Crippen LogP) is 2.51. The maximum absolute atomic E-state index is 12.8. The van der Waals surface area contributed by atoms with Crippen LogP contribution < -0.4 is 15.9 Å². The minimum absolute atomic E-state index is 0.0511. The van der Waals surface area contributed by atoms with Crippen LogP contribution in [-0.2, 0) is 0 Å². The first kappa shape index (κ1) is 14.8. The lowest BCUT2D eigenvalue weighted by Crippen LogP contribution is -2.43. The van der Waals surface area contributed by atoms with Crippen molar-refractivity contribution in [2.24, 2.45) is 0 Å². The van der Waals surface area contributed by atoms with Gasteiger partial charge in [0, 0.05) is 11.1 Å². The van der Waals surface area contributed by atoms with Crippen molar-refractivity contribution in [1.82, 2.24) is 10.6 Å². The molecule has 24 heavy (non-hydrogen) atoms. The van der Waals surface area contributed by atoms with E-state index in [2.05, 4.69) is 10.6 Å². The van der Waals surface area contributed by atoms with E-state index in [9.17, 15) is 10.0 Å². The lowest BCUT2D eigenvalue weighted by atomic mass is 9.94. The van der Waals surface area contributed by atoms with Crippen molar-refractivity contribution in [3.05, 3.63) is 76.0 Å². The molecule has 0 amide bonds. The Kier molecular flexibility index (Phi) is 3.34. The van der Waals surface area contributed by atoms with Gasteiger partial charge < -0.3 is 21.1 Å². The summed E-state index contributed by atoms with van der Waals surface area (Å²) < 4.78 is 0. The zero-order chi connectivity index (χ0) is 16.8. The van der Waals surface area contributed by atoms with E-state index < -0.39 is 6.04 Å². The fourth-order valence-corrected chi connectivity index (χ4v) is 3.33. The van der Waals surface area contributed by atoms with Gasteiger partial charge in [-0.2, -0.15) is 0 Å². The van der Waals surface area contributed by atoms with Crippen LogP contribution >= 0.6 is 12.2 Å². The molecule has 0 saturated carbocycles. The second-order valence-corrected chi connectivity index (χ2v) is 5.97. The average molecular weight is 338 g/mol. The Morgan fingerprint density at radius 3 is 2.42 bits per heavy atom. The van der Waals surface area contributed by atoms with E-state index in [4.69, 9.17) is 17.4 Å². The third-order valence-electron chi connectivity index (χ3n) is 4.20. The van der Waals surface area contributed by atoms with Crippen LogP contribution in [0.1, 0.15) is 27.5 Å². The molecule has 2 aliphatic rings. The van der Waals surface area contributed by atoms with Crippen molar-refractivity contribution in [2.75, 3.05) is 5.23 Å². The highest BCUT2D eigenvalue weighted by atomic mass is 32.1. The molecule has 7 heteroatoms. The highest BCUT2D eigenvalue weighted by Gasteiger charge is 2.38. The van der Waals surface area contributed by atoms with Gasteiger partial charge in [-0.3, -0.25) is 10.0 Å².